The summed E-state index contributed by atoms with van der Waals surface area (Å²) in [6.45, 7) is 1.82. The van der Waals surface area contributed by atoms with Gasteiger partial charge in [-0.25, -0.2) is 4.98 Å². The van der Waals surface area contributed by atoms with Crippen LogP contribution in [0.5, 0.6) is 0 Å². The largest absolute Gasteiger partial charge is 0.384 e. The SMILES string of the molecule is CN(C)CCCNc1ccnc2c([N+](=O)[O-])cccc12. The molecule has 1 aromatic heterocycles. The van der Waals surface area contributed by atoms with E-state index in [2.05, 4.69) is 15.2 Å². The number of nitro groups is 1. The molecule has 106 valence electrons. The third-order valence-electron chi connectivity index (χ3n) is 3.04. The normalized spacial score (nSPS) is 10.9. The van der Waals surface area contributed by atoms with Gasteiger partial charge in [-0.3, -0.25) is 10.1 Å². The fourth-order valence-electron chi connectivity index (χ4n) is 2.08. The molecule has 0 bridgehead atoms. The second kappa shape index (κ2) is 6.29. The van der Waals surface area contributed by atoms with Gasteiger partial charge in [-0.2, -0.15) is 0 Å². The summed E-state index contributed by atoms with van der Waals surface area (Å²) < 4.78 is 0. The van der Waals surface area contributed by atoms with Crippen molar-refractivity contribution >= 4 is 22.3 Å². The van der Waals surface area contributed by atoms with Crippen molar-refractivity contribution in [3.8, 4) is 0 Å². The van der Waals surface area contributed by atoms with E-state index in [4.69, 9.17) is 0 Å². The molecule has 6 heteroatoms. The molecule has 2 aromatic rings. The minimum absolute atomic E-state index is 0.0411. The van der Waals surface area contributed by atoms with Gasteiger partial charge in [-0.05, 0) is 33.1 Å². The van der Waals surface area contributed by atoms with Crippen LogP contribution in [0.15, 0.2) is 30.5 Å². The van der Waals surface area contributed by atoms with Crippen molar-refractivity contribution < 1.29 is 4.92 Å². The van der Waals surface area contributed by atoms with E-state index in [1.807, 2.05) is 26.2 Å². The molecule has 1 N–H and O–H groups in total. The molecular weight excluding hydrogens is 256 g/mol. The fraction of sp³-hybridized carbons (Fsp3) is 0.357. The second-order valence-corrected chi connectivity index (χ2v) is 4.87. The molecule has 0 aliphatic rings. The highest BCUT2D eigenvalue weighted by Crippen LogP contribution is 2.28. The molecule has 6 nitrogen and oxygen atoms in total. The van der Waals surface area contributed by atoms with Crippen LogP contribution in [0.2, 0.25) is 0 Å². The van der Waals surface area contributed by atoms with Crippen LogP contribution in [-0.2, 0) is 0 Å². The van der Waals surface area contributed by atoms with Crippen molar-refractivity contribution in [2.24, 2.45) is 0 Å². The second-order valence-electron chi connectivity index (χ2n) is 4.87. The Bertz CT molecular complexity index is 613. The Balaban J connectivity index is 2.22. The van der Waals surface area contributed by atoms with Crippen LogP contribution >= 0.6 is 0 Å². The number of hydrogen-bond acceptors (Lipinski definition) is 5. The van der Waals surface area contributed by atoms with Crippen LogP contribution in [0.3, 0.4) is 0 Å². The molecule has 0 saturated carbocycles. The van der Waals surface area contributed by atoms with Crippen molar-refractivity contribution in [2.75, 3.05) is 32.5 Å². The lowest BCUT2D eigenvalue weighted by molar-refractivity contribution is -0.383. The van der Waals surface area contributed by atoms with Crippen LogP contribution in [0.25, 0.3) is 10.9 Å². The minimum atomic E-state index is -0.398. The molecule has 0 radical (unpaired) electrons. The summed E-state index contributed by atoms with van der Waals surface area (Å²) in [6, 6.07) is 6.86. The van der Waals surface area contributed by atoms with Gasteiger partial charge in [-0.1, -0.05) is 12.1 Å². The number of aromatic nitrogens is 1. The lowest BCUT2D eigenvalue weighted by atomic mass is 10.1. The van der Waals surface area contributed by atoms with Crippen molar-refractivity contribution in [3.63, 3.8) is 0 Å². The van der Waals surface area contributed by atoms with Crippen molar-refractivity contribution in [2.45, 2.75) is 6.42 Å². The number of anilines is 1. The maximum Gasteiger partial charge on any atom is 0.295 e. The average Bonchev–Trinajstić information content (AvgIpc) is 2.42. The molecule has 0 amide bonds. The van der Waals surface area contributed by atoms with Gasteiger partial charge in [0.25, 0.3) is 5.69 Å². The number of hydrogen-bond donors (Lipinski definition) is 1. The Morgan fingerprint density at radius 3 is 2.85 bits per heavy atom. The third-order valence-corrected chi connectivity index (χ3v) is 3.04. The number of benzene rings is 1. The topological polar surface area (TPSA) is 71.3 Å². The quantitative estimate of drug-likeness (QED) is 0.498. The maximum atomic E-state index is 11.0. The molecule has 2 rings (SSSR count). The number of non-ortho nitro benzene ring substituents is 1. The first-order chi connectivity index (χ1) is 9.59. The highest BCUT2D eigenvalue weighted by molar-refractivity contribution is 5.96. The molecule has 20 heavy (non-hydrogen) atoms. The number of fused-ring (bicyclic) bond motifs is 1. The molecule has 1 aromatic carbocycles. The van der Waals surface area contributed by atoms with Crippen molar-refractivity contribution in [3.05, 3.63) is 40.6 Å². The summed E-state index contributed by atoms with van der Waals surface area (Å²) in [6.07, 6.45) is 2.61. The summed E-state index contributed by atoms with van der Waals surface area (Å²) in [5, 5.41) is 15.1. The molecular formula is C14H18N4O2. The summed E-state index contributed by atoms with van der Waals surface area (Å²) in [4.78, 5) is 16.9. The summed E-state index contributed by atoms with van der Waals surface area (Å²) >= 11 is 0. The van der Waals surface area contributed by atoms with Gasteiger partial charge in [0.15, 0.2) is 0 Å². The zero-order chi connectivity index (χ0) is 14.5. The third kappa shape index (κ3) is 3.21. The maximum absolute atomic E-state index is 11.0. The van der Waals surface area contributed by atoms with Crippen LogP contribution in [-0.4, -0.2) is 42.0 Å². The summed E-state index contributed by atoms with van der Waals surface area (Å²) in [7, 11) is 4.07. The lowest BCUT2D eigenvalue weighted by Crippen LogP contribution is -2.16. The fourth-order valence-corrected chi connectivity index (χ4v) is 2.08. The van der Waals surface area contributed by atoms with Crippen LogP contribution in [0, 0.1) is 10.1 Å². The van der Waals surface area contributed by atoms with Crippen LogP contribution in [0.1, 0.15) is 6.42 Å². The molecule has 0 atom stereocenters. The molecule has 0 spiro atoms. The summed E-state index contributed by atoms with van der Waals surface area (Å²) in [5.41, 5.74) is 1.35. The number of nitrogens with one attached hydrogen (secondary N) is 1. The van der Waals surface area contributed by atoms with E-state index in [0.29, 0.717) is 5.52 Å². The number of rotatable bonds is 6. The molecule has 0 unspecified atom stereocenters. The smallest absolute Gasteiger partial charge is 0.295 e. The van der Waals surface area contributed by atoms with E-state index in [1.54, 1.807) is 12.3 Å². The van der Waals surface area contributed by atoms with E-state index in [9.17, 15) is 10.1 Å². The highest BCUT2D eigenvalue weighted by Gasteiger charge is 2.13. The molecule has 0 saturated heterocycles. The zero-order valence-electron chi connectivity index (χ0n) is 11.7. The van der Waals surface area contributed by atoms with Gasteiger partial charge in [0.1, 0.15) is 5.52 Å². The average molecular weight is 274 g/mol. The van der Waals surface area contributed by atoms with Gasteiger partial charge in [-0.15, -0.1) is 0 Å². The van der Waals surface area contributed by atoms with Gasteiger partial charge < -0.3 is 10.2 Å². The molecule has 1 heterocycles. The first-order valence-corrected chi connectivity index (χ1v) is 6.50. The van der Waals surface area contributed by atoms with Crippen molar-refractivity contribution in [1.82, 2.24) is 9.88 Å². The van der Waals surface area contributed by atoms with E-state index in [-0.39, 0.29) is 5.69 Å². The predicted molar refractivity (Wildman–Crippen MR) is 80.1 cm³/mol. The minimum Gasteiger partial charge on any atom is -0.384 e. The zero-order valence-corrected chi connectivity index (χ0v) is 11.7. The first kappa shape index (κ1) is 14.2. The van der Waals surface area contributed by atoms with Gasteiger partial charge in [0.2, 0.25) is 0 Å². The molecule has 0 fully saturated rings. The Morgan fingerprint density at radius 1 is 1.35 bits per heavy atom. The Morgan fingerprint density at radius 2 is 2.15 bits per heavy atom. The Hall–Kier alpha value is -2.21. The summed E-state index contributed by atoms with van der Waals surface area (Å²) in [5.74, 6) is 0. The van der Waals surface area contributed by atoms with Gasteiger partial charge >= 0.3 is 0 Å². The Kier molecular flexibility index (Phi) is 4.47. The van der Waals surface area contributed by atoms with Crippen LogP contribution in [0.4, 0.5) is 11.4 Å². The molecule has 0 aliphatic carbocycles. The van der Waals surface area contributed by atoms with E-state index in [1.165, 1.54) is 6.07 Å². The van der Waals surface area contributed by atoms with Crippen molar-refractivity contribution in [1.29, 1.82) is 0 Å². The van der Waals surface area contributed by atoms with E-state index in [0.717, 1.165) is 30.6 Å². The number of pyridine rings is 1. The van der Waals surface area contributed by atoms with Crippen LogP contribution < -0.4 is 5.32 Å². The number of nitrogens with zero attached hydrogens (tertiary/aromatic N) is 3. The van der Waals surface area contributed by atoms with E-state index < -0.39 is 4.92 Å². The number of nitro benzene ring substituents is 1. The monoisotopic (exact) mass is 274 g/mol. The van der Waals surface area contributed by atoms with Gasteiger partial charge in [0, 0.05) is 29.9 Å². The van der Waals surface area contributed by atoms with E-state index >= 15 is 0 Å². The highest BCUT2D eigenvalue weighted by atomic mass is 16.6. The number of para-hydroxylation sites is 1. The first-order valence-electron chi connectivity index (χ1n) is 6.50. The standard InChI is InChI=1S/C14H18N4O2/c1-17(2)10-4-8-15-12-7-9-16-14-11(12)5-3-6-13(14)18(19)20/h3,5-7,9H,4,8,10H2,1-2H3,(H,15,16). The molecule has 0 aliphatic heterocycles. The van der Waals surface area contributed by atoms with Gasteiger partial charge in [0.05, 0.1) is 4.92 Å². The Labute approximate surface area is 117 Å². The lowest BCUT2D eigenvalue weighted by Gasteiger charge is -2.12. The predicted octanol–water partition coefficient (Wildman–Crippen LogP) is 2.51.